The molecule has 0 atom stereocenters. The topological polar surface area (TPSA) is 50.2 Å². The summed E-state index contributed by atoms with van der Waals surface area (Å²) in [4.78, 5) is 15.0. The molecular formula is C23H25FN4O. The minimum absolute atomic E-state index is 0.256. The van der Waals surface area contributed by atoms with Gasteiger partial charge in [-0.15, -0.1) is 0 Å². The third-order valence-electron chi connectivity index (χ3n) is 5.29. The van der Waals surface area contributed by atoms with Gasteiger partial charge >= 0.3 is 0 Å². The third-order valence-corrected chi connectivity index (χ3v) is 5.29. The van der Waals surface area contributed by atoms with Crippen LogP contribution in [-0.2, 0) is 0 Å². The summed E-state index contributed by atoms with van der Waals surface area (Å²) in [5, 5.41) is 7.36. The van der Waals surface area contributed by atoms with E-state index in [0.717, 1.165) is 48.7 Å². The largest absolute Gasteiger partial charge is 0.370 e. The maximum absolute atomic E-state index is 13.9. The second kappa shape index (κ2) is 8.07. The Morgan fingerprint density at radius 2 is 1.72 bits per heavy atom. The highest BCUT2D eigenvalue weighted by molar-refractivity contribution is 6.06. The van der Waals surface area contributed by atoms with E-state index in [1.54, 1.807) is 18.2 Å². The quantitative estimate of drug-likeness (QED) is 0.689. The van der Waals surface area contributed by atoms with Gasteiger partial charge in [-0.25, -0.2) is 9.07 Å². The summed E-state index contributed by atoms with van der Waals surface area (Å²) in [6, 6.07) is 13.9. The maximum atomic E-state index is 13.9. The number of benzene rings is 2. The summed E-state index contributed by atoms with van der Waals surface area (Å²) in [6.45, 7) is 5.79. The first-order valence-electron chi connectivity index (χ1n) is 10.0. The molecule has 1 aliphatic heterocycles. The van der Waals surface area contributed by atoms with Crippen LogP contribution in [-0.4, -0.2) is 28.8 Å². The molecule has 4 rings (SSSR count). The number of anilines is 2. The van der Waals surface area contributed by atoms with E-state index in [-0.39, 0.29) is 11.7 Å². The Morgan fingerprint density at radius 1 is 1.00 bits per heavy atom. The van der Waals surface area contributed by atoms with Crippen molar-refractivity contribution in [2.45, 2.75) is 33.1 Å². The monoisotopic (exact) mass is 392 g/mol. The number of carbonyl (C=O) groups is 1. The van der Waals surface area contributed by atoms with E-state index in [0.29, 0.717) is 11.3 Å². The van der Waals surface area contributed by atoms with E-state index >= 15 is 0 Å². The molecule has 5 nitrogen and oxygen atoms in total. The van der Waals surface area contributed by atoms with Gasteiger partial charge in [-0.2, -0.15) is 5.10 Å². The van der Waals surface area contributed by atoms with Gasteiger partial charge in [-0.1, -0.05) is 0 Å². The van der Waals surface area contributed by atoms with Crippen LogP contribution >= 0.6 is 0 Å². The number of nitrogens with one attached hydrogen (secondary N) is 1. The Labute approximate surface area is 170 Å². The molecule has 2 heterocycles. The fraction of sp³-hybridized carbons (Fsp3) is 0.304. The zero-order valence-corrected chi connectivity index (χ0v) is 16.8. The Balaban J connectivity index is 1.55. The van der Waals surface area contributed by atoms with Crippen molar-refractivity contribution in [1.82, 2.24) is 9.78 Å². The van der Waals surface area contributed by atoms with E-state index in [9.17, 15) is 9.18 Å². The smallest absolute Gasteiger partial charge is 0.255 e. The molecule has 0 saturated carbocycles. The Hall–Kier alpha value is -3.15. The number of aryl methyl sites for hydroxylation is 2. The van der Waals surface area contributed by atoms with Crippen LogP contribution in [0.15, 0.2) is 48.5 Å². The van der Waals surface area contributed by atoms with Crippen molar-refractivity contribution in [2.75, 3.05) is 23.3 Å². The summed E-state index contributed by atoms with van der Waals surface area (Å²) in [6.07, 6.45) is 3.43. The van der Waals surface area contributed by atoms with Gasteiger partial charge in [0.25, 0.3) is 5.91 Å². The normalized spacial score (nSPS) is 14.1. The number of nitrogens with zero attached hydrogens (tertiary/aromatic N) is 3. The van der Waals surface area contributed by atoms with Gasteiger partial charge in [0, 0.05) is 24.3 Å². The number of halogens is 1. The van der Waals surface area contributed by atoms with Gasteiger partial charge in [0.2, 0.25) is 0 Å². The van der Waals surface area contributed by atoms with Crippen molar-refractivity contribution in [1.29, 1.82) is 0 Å². The number of carbonyl (C=O) groups excluding carboxylic acids is 1. The maximum Gasteiger partial charge on any atom is 0.255 e. The summed E-state index contributed by atoms with van der Waals surface area (Å²) < 4.78 is 15.7. The van der Waals surface area contributed by atoms with Crippen LogP contribution in [0.5, 0.6) is 0 Å². The Bertz CT molecular complexity index is 1020. The van der Waals surface area contributed by atoms with E-state index in [2.05, 4.69) is 15.3 Å². The predicted molar refractivity (Wildman–Crippen MR) is 113 cm³/mol. The lowest BCUT2D eigenvalue weighted by Crippen LogP contribution is -2.30. The van der Waals surface area contributed by atoms with E-state index in [1.807, 2.05) is 36.7 Å². The van der Waals surface area contributed by atoms with E-state index < -0.39 is 0 Å². The molecule has 0 radical (unpaired) electrons. The lowest BCUT2D eigenvalue weighted by Gasteiger charge is -2.30. The standard InChI is InChI=1S/C23H25FN4O/c1-16-14-17(2)28(26-16)20-9-6-18(7-10-20)23(29)25-21-15-19(24)8-11-22(21)27-12-4-3-5-13-27/h6-11,14-15H,3-5,12-13H2,1-2H3,(H,25,29). The van der Waals surface area contributed by atoms with Gasteiger partial charge in [0.15, 0.2) is 0 Å². The minimum Gasteiger partial charge on any atom is -0.370 e. The average molecular weight is 392 g/mol. The Kier molecular flexibility index (Phi) is 5.34. The first kappa shape index (κ1) is 19.2. The number of hydrogen-bond acceptors (Lipinski definition) is 3. The average Bonchev–Trinajstić information content (AvgIpc) is 3.07. The SMILES string of the molecule is Cc1cc(C)n(-c2ccc(C(=O)Nc3cc(F)ccc3N3CCCCC3)cc2)n1. The van der Waals surface area contributed by atoms with Crippen molar-refractivity contribution in [3.8, 4) is 5.69 Å². The predicted octanol–water partition coefficient (Wildman–Crippen LogP) is 4.87. The first-order valence-corrected chi connectivity index (χ1v) is 10.0. The second-order valence-corrected chi connectivity index (χ2v) is 7.55. The number of amides is 1. The van der Waals surface area contributed by atoms with Crippen LogP contribution in [0.1, 0.15) is 41.0 Å². The molecule has 1 fully saturated rings. The zero-order chi connectivity index (χ0) is 20.4. The van der Waals surface area contributed by atoms with Crippen LogP contribution in [0.25, 0.3) is 5.69 Å². The molecule has 0 spiro atoms. The third kappa shape index (κ3) is 4.16. The molecule has 3 aromatic rings. The highest BCUT2D eigenvalue weighted by atomic mass is 19.1. The van der Waals surface area contributed by atoms with Crippen molar-refractivity contribution in [2.24, 2.45) is 0 Å². The molecule has 2 aromatic carbocycles. The van der Waals surface area contributed by atoms with Crippen molar-refractivity contribution in [3.63, 3.8) is 0 Å². The molecule has 1 N–H and O–H groups in total. The fourth-order valence-electron chi connectivity index (χ4n) is 3.86. The minimum atomic E-state index is -0.360. The van der Waals surface area contributed by atoms with Crippen LogP contribution < -0.4 is 10.2 Å². The van der Waals surface area contributed by atoms with Crippen LogP contribution in [0, 0.1) is 19.7 Å². The lowest BCUT2D eigenvalue weighted by atomic mass is 10.1. The zero-order valence-electron chi connectivity index (χ0n) is 16.8. The molecular weight excluding hydrogens is 367 g/mol. The number of rotatable bonds is 4. The molecule has 1 amide bonds. The number of aromatic nitrogens is 2. The van der Waals surface area contributed by atoms with Gasteiger partial charge in [-0.05, 0) is 81.6 Å². The molecule has 0 bridgehead atoms. The number of hydrogen-bond donors (Lipinski definition) is 1. The first-order chi connectivity index (χ1) is 14.0. The van der Waals surface area contributed by atoms with Gasteiger partial charge in [0.05, 0.1) is 22.8 Å². The highest BCUT2D eigenvalue weighted by Crippen LogP contribution is 2.30. The summed E-state index contributed by atoms with van der Waals surface area (Å²) >= 11 is 0. The number of piperidine rings is 1. The fourth-order valence-corrected chi connectivity index (χ4v) is 3.86. The Morgan fingerprint density at radius 3 is 2.38 bits per heavy atom. The van der Waals surface area contributed by atoms with Crippen molar-refractivity contribution in [3.05, 3.63) is 71.3 Å². The summed E-state index contributed by atoms with van der Waals surface area (Å²) in [5.41, 5.74) is 4.78. The molecule has 1 saturated heterocycles. The van der Waals surface area contributed by atoms with Crippen molar-refractivity contribution < 1.29 is 9.18 Å². The molecule has 1 aliphatic rings. The van der Waals surface area contributed by atoms with Crippen LogP contribution in [0.3, 0.4) is 0 Å². The highest BCUT2D eigenvalue weighted by Gasteiger charge is 2.17. The molecule has 29 heavy (non-hydrogen) atoms. The van der Waals surface area contributed by atoms with Gasteiger partial charge in [-0.3, -0.25) is 4.79 Å². The molecule has 1 aromatic heterocycles. The summed E-state index contributed by atoms with van der Waals surface area (Å²) in [5.74, 6) is -0.616. The van der Waals surface area contributed by atoms with Gasteiger partial charge < -0.3 is 10.2 Å². The molecule has 0 aliphatic carbocycles. The van der Waals surface area contributed by atoms with Crippen LogP contribution in [0.4, 0.5) is 15.8 Å². The molecule has 6 heteroatoms. The molecule has 150 valence electrons. The summed E-state index contributed by atoms with van der Waals surface area (Å²) in [7, 11) is 0. The molecule has 0 unspecified atom stereocenters. The van der Waals surface area contributed by atoms with Gasteiger partial charge in [0.1, 0.15) is 5.82 Å². The van der Waals surface area contributed by atoms with Crippen LogP contribution in [0.2, 0.25) is 0 Å². The van der Waals surface area contributed by atoms with E-state index in [1.165, 1.54) is 18.6 Å². The van der Waals surface area contributed by atoms with E-state index in [4.69, 9.17) is 0 Å². The lowest BCUT2D eigenvalue weighted by molar-refractivity contribution is 0.102. The van der Waals surface area contributed by atoms with Crippen molar-refractivity contribution >= 4 is 17.3 Å². The second-order valence-electron chi connectivity index (χ2n) is 7.55.